The van der Waals surface area contributed by atoms with Crippen LogP contribution in [0.2, 0.25) is 0 Å². The van der Waals surface area contributed by atoms with Crippen LogP contribution in [0.4, 0.5) is 0 Å². The summed E-state index contributed by atoms with van der Waals surface area (Å²) in [7, 11) is 0. The minimum Gasteiger partial charge on any atom is -0.481 e. The molecule has 18 heavy (non-hydrogen) atoms. The van der Waals surface area contributed by atoms with E-state index in [1.165, 1.54) is 0 Å². The van der Waals surface area contributed by atoms with Crippen molar-refractivity contribution in [2.45, 2.75) is 31.5 Å². The predicted molar refractivity (Wildman–Crippen MR) is 68.8 cm³/mol. The molecule has 4 nitrogen and oxygen atoms in total. The van der Waals surface area contributed by atoms with E-state index in [1.54, 1.807) is 38.1 Å². The number of aliphatic hydroxyl groups is 2. The lowest BCUT2D eigenvalue weighted by atomic mass is 9.84. The summed E-state index contributed by atoms with van der Waals surface area (Å²) in [6.07, 6.45) is -2.10. The smallest absolute Gasteiger partial charge is 0.313 e. The average molecular weight is 273 g/mol. The Bertz CT molecular complexity index is 414. The number of halogens is 1. The zero-order valence-corrected chi connectivity index (χ0v) is 11.1. The summed E-state index contributed by atoms with van der Waals surface area (Å²) in [5.41, 5.74) is 0.147. The van der Waals surface area contributed by atoms with Crippen LogP contribution in [0.25, 0.3) is 0 Å². The number of carboxylic acid groups (broad SMARTS) is 1. The molecule has 100 valence electrons. The average Bonchev–Trinajstić information content (AvgIpc) is 2.36. The Morgan fingerprint density at radius 1 is 1.28 bits per heavy atom. The Balaban J connectivity index is 2.96. The van der Waals surface area contributed by atoms with Gasteiger partial charge in [0.15, 0.2) is 0 Å². The molecule has 0 bridgehead atoms. The van der Waals surface area contributed by atoms with Gasteiger partial charge in [0, 0.05) is 0 Å². The van der Waals surface area contributed by atoms with E-state index in [9.17, 15) is 15.0 Å². The van der Waals surface area contributed by atoms with Crippen molar-refractivity contribution >= 4 is 17.6 Å². The topological polar surface area (TPSA) is 77.8 Å². The fraction of sp³-hybridized carbons (Fsp3) is 0.462. The minimum absolute atomic E-state index is 0.0659. The van der Waals surface area contributed by atoms with E-state index in [0.29, 0.717) is 11.1 Å². The van der Waals surface area contributed by atoms with Gasteiger partial charge in [0.25, 0.3) is 0 Å². The molecule has 2 atom stereocenters. The van der Waals surface area contributed by atoms with E-state index in [1.807, 2.05) is 0 Å². The highest BCUT2D eigenvalue weighted by molar-refractivity contribution is 6.18. The highest BCUT2D eigenvalue weighted by atomic mass is 35.5. The zero-order chi connectivity index (χ0) is 13.9. The van der Waals surface area contributed by atoms with Gasteiger partial charge in [0.05, 0.1) is 17.4 Å². The molecule has 0 aliphatic carbocycles. The molecule has 0 heterocycles. The molecule has 1 rings (SSSR count). The second-order valence-electron chi connectivity index (χ2n) is 4.72. The van der Waals surface area contributed by atoms with Crippen LogP contribution >= 0.6 is 11.6 Å². The monoisotopic (exact) mass is 272 g/mol. The SMILES string of the molecule is CC(C)(C(=O)O)c1ccc(C(O)C(O)CCl)cc1. The number of carboxylic acids is 1. The van der Waals surface area contributed by atoms with Crippen LogP contribution in [-0.4, -0.2) is 33.3 Å². The molecular formula is C13H17ClO4. The lowest BCUT2D eigenvalue weighted by molar-refractivity contribution is -0.142. The lowest BCUT2D eigenvalue weighted by Gasteiger charge is -2.21. The van der Waals surface area contributed by atoms with Gasteiger partial charge < -0.3 is 15.3 Å². The predicted octanol–water partition coefficient (Wildman–Crippen LogP) is 1.68. The molecule has 0 aromatic heterocycles. The Hall–Kier alpha value is -1.10. The number of alkyl halides is 1. The fourth-order valence-corrected chi connectivity index (χ4v) is 1.70. The molecule has 0 saturated heterocycles. The number of aliphatic hydroxyl groups excluding tert-OH is 2. The van der Waals surface area contributed by atoms with Crippen molar-refractivity contribution in [1.82, 2.24) is 0 Å². The number of rotatable bonds is 5. The van der Waals surface area contributed by atoms with Crippen molar-refractivity contribution in [3.05, 3.63) is 35.4 Å². The first-order valence-corrected chi connectivity index (χ1v) is 6.10. The molecule has 3 N–H and O–H groups in total. The summed E-state index contributed by atoms with van der Waals surface area (Å²) in [6.45, 7) is 3.21. The maximum absolute atomic E-state index is 11.1. The quantitative estimate of drug-likeness (QED) is 0.713. The van der Waals surface area contributed by atoms with Crippen LogP contribution in [0.15, 0.2) is 24.3 Å². The maximum atomic E-state index is 11.1. The van der Waals surface area contributed by atoms with E-state index < -0.39 is 23.6 Å². The third-order valence-electron chi connectivity index (χ3n) is 3.03. The molecule has 1 aromatic rings. The number of aliphatic carboxylic acids is 1. The van der Waals surface area contributed by atoms with Crippen LogP contribution in [-0.2, 0) is 10.2 Å². The highest BCUT2D eigenvalue weighted by Gasteiger charge is 2.29. The third kappa shape index (κ3) is 3.02. The van der Waals surface area contributed by atoms with Gasteiger partial charge in [-0.1, -0.05) is 24.3 Å². The van der Waals surface area contributed by atoms with Gasteiger partial charge in [-0.2, -0.15) is 0 Å². The molecule has 0 spiro atoms. The van der Waals surface area contributed by atoms with Crippen molar-refractivity contribution in [3.8, 4) is 0 Å². The van der Waals surface area contributed by atoms with Gasteiger partial charge >= 0.3 is 5.97 Å². The normalized spacial score (nSPS) is 15.2. The summed E-state index contributed by atoms with van der Waals surface area (Å²) < 4.78 is 0. The van der Waals surface area contributed by atoms with Crippen LogP contribution in [0, 0.1) is 0 Å². The van der Waals surface area contributed by atoms with Crippen LogP contribution < -0.4 is 0 Å². The molecule has 0 saturated carbocycles. The summed E-state index contributed by atoms with van der Waals surface area (Å²) in [4.78, 5) is 11.1. The Morgan fingerprint density at radius 2 is 1.78 bits per heavy atom. The van der Waals surface area contributed by atoms with Gasteiger partial charge in [-0.05, 0) is 25.0 Å². The Morgan fingerprint density at radius 3 is 2.17 bits per heavy atom. The van der Waals surface area contributed by atoms with Gasteiger partial charge in [0.2, 0.25) is 0 Å². The number of carbonyl (C=O) groups is 1. The first-order chi connectivity index (χ1) is 8.30. The first-order valence-electron chi connectivity index (χ1n) is 5.56. The number of hydrogen-bond acceptors (Lipinski definition) is 3. The summed E-state index contributed by atoms with van der Waals surface area (Å²) in [6, 6.07) is 6.46. The van der Waals surface area contributed by atoms with Gasteiger partial charge in [-0.15, -0.1) is 11.6 Å². The van der Waals surface area contributed by atoms with E-state index in [0.717, 1.165) is 0 Å². The first kappa shape index (κ1) is 15.0. The Labute approximate surface area is 111 Å². The van der Waals surface area contributed by atoms with Crippen molar-refractivity contribution in [1.29, 1.82) is 0 Å². The lowest BCUT2D eigenvalue weighted by Crippen LogP contribution is -2.28. The second kappa shape index (κ2) is 5.69. The molecule has 1 aromatic carbocycles. The van der Waals surface area contributed by atoms with E-state index >= 15 is 0 Å². The molecule has 0 aliphatic heterocycles. The fourth-order valence-electron chi connectivity index (χ4n) is 1.53. The standard InChI is InChI=1S/C13H17ClO4/c1-13(2,12(17)18)9-5-3-8(4-6-9)11(16)10(15)7-14/h3-6,10-11,15-16H,7H2,1-2H3,(H,17,18). The van der Waals surface area contributed by atoms with Crippen LogP contribution in [0.1, 0.15) is 31.1 Å². The third-order valence-corrected chi connectivity index (χ3v) is 3.35. The minimum atomic E-state index is -1.07. The van der Waals surface area contributed by atoms with Gasteiger partial charge in [-0.3, -0.25) is 4.79 Å². The van der Waals surface area contributed by atoms with Crippen molar-refractivity contribution < 1.29 is 20.1 Å². The number of hydrogen-bond donors (Lipinski definition) is 3. The Kier molecular flexibility index (Phi) is 4.73. The summed E-state index contributed by atoms with van der Waals surface area (Å²) >= 11 is 5.45. The zero-order valence-electron chi connectivity index (χ0n) is 10.3. The van der Waals surface area contributed by atoms with Crippen LogP contribution in [0.3, 0.4) is 0 Å². The molecule has 0 fully saturated rings. The van der Waals surface area contributed by atoms with Gasteiger partial charge in [0.1, 0.15) is 6.10 Å². The molecule has 0 radical (unpaired) electrons. The largest absolute Gasteiger partial charge is 0.481 e. The summed E-state index contributed by atoms with van der Waals surface area (Å²) in [5, 5.41) is 28.3. The van der Waals surface area contributed by atoms with Crippen molar-refractivity contribution in [2.75, 3.05) is 5.88 Å². The number of benzene rings is 1. The summed E-state index contributed by atoms with van der Waals surface area (Å²) in [5.74, 6) is -0.986. The van der Waals surface area contributed by atoms with Gasteiger partial charge in [-0.25, -0.2) is 0 Å². The van der Waals surface area contributed by atoms with Crippen LogP contribution in [0.5, 0.6) is 0 Å². The van der Waals surface area contributed by atoms with E-state index in [2.05, 4.69) is 0 Å². The van der Waals surface area contributed by atoms with E-state index in [-0.39, 0.29) is 5.88 Å². The molecular weight excluding hydrogens is 256 g/mol. The van der Waals surface area contributed by atoms with E-state index in [4.69, 9.17) is 16.7 Å². The molecule has 0 amide bonds. The maximum Gasteiger partial charge on any atom is 0.313 e. The highest BCUT2D eigenvalue weighted by Crippen LogP contribution is 2.26. The molecule has 5 heteroatoms. The van der Waals surface area contributed by atoms with Crippen molar-refractivity contribution in [3.63, 3.8) is 0 Å². The second-order valence-corrected chi connectivity index (χ2v) is 5.03. The molecule has 0 aliphatic rings. The molecule has 2 unspecified atom stereocenters. The van der Waals surface area contributed by atoms with Crippen molar-refractivity contribution in [2.24, 2.45) is 0 Å².